The summed E-state index contributed by atoms with van der Waals surface area (Å²) in [5.74, 6) is 0. The summed E-state index contributed by atoms with van der Waals surface area (Å²) in [5.41, 5.74) is 0. The number of rotatable bonds is 4. The quantitative estimate of drug-likeness (QED) is 0.393. The fraction of sp³-hybridized carbons (Fsp3) is 0. The van der Waals surface area contributed by atoms with Crippen LogP contribution in [-0.2, 0) is 0 Å². The third kappa shape index (κ3) is 3.35. The Labute approximate surface area is 150 Å². The van der Waals surface area contributed by atoms with Crippen molar-refractivity contribution in [3.8, 4) is 0 Å². The topological polar surface area (TPSA) is 0 Å². The van der Waals surface area contributed by atoms with Gasteiger partial charge in [0.15, 0.2) is 0 Å². The molecule has 0 saturated heterocycles. The van der Waals surface area contributed by atoms with Crippen LogP contribution in [0.1, 0.15) is 0 Å². The van der Waals surface area contributed by atoms with Gasteiger partial charge in [-0.25, -0.2) is 0 Å². The second-order valence-corrected chi connectivity index (χ2v) is 7.52. The lowest BCUT2D eigenvalue weighted by Crippen LogP contribution is -1.81. The zero-order valence-electron chi connectivity index (χ0n) is 13.0. The number of benzene rings is 4. The lowest BCUT2D eigenvalue weighted by molar-refractivity contribution is 1.24. The van der Waals surface area contributed by atoms with Crippen molar-refractivity contribution in [2.24, 2.45) is 0 Å². The third-order valence-electron chi connectivity index (χ3n) is 3.72. The highest BCUT2D eigenvalue weighted by atomic mass is 32.2. The fourth-order valence-corrected chi connectivity index (χ4v) is 4.65. The van der Waals surface area contributed by atoms with E-state index in [0.717, 1.165) is 4.90 Å². The molecule has 2 heteroatoms. The van der Waals surface area contributed by atoms with Gasteiger partial charge in [-0.1, -0.05) is 90.3 Å². The van der Waals surface area contributed by atoms with Crippen LogP contribution in [0.2, 0.25) is 0 Å². The second-order valence-electron chi connectivity index (χ2n) is 5.35. The van der Waals surface area contributed by atoms with E-state index in [1.54, 1.807) is 11.8 Å². The van der Waals surface area contributed by atoms with E-state index in [9.17, 15) is 0 Å². The van der Waals surface area contributed by atoms with Gasteiger partial charge in [0.25, 0.3) is 0 Å². The molecule has 0 amide bonds. The highest BCUT2D eigenvalue weighted by Gasteiger charge is 2.08. The van der Waals surface area contributed by atoms with Crippen LogP contribution in [0.15, 0.2) is 111 Å². The summed E-state index contributed by atoms with van der Waals surface area (Å²) in [6, 6.07) is 35.0. The highest BCUT2D eigenvalue weighted by Crippen LogP contribution is 2.40. The van der Waals surface area contributed by atoms with E-state index in [4.69, 9.17) is 0 Å². The van der Waals surface area contributed by atoms with Crippen LogP contribution in [0.5, 0.6) is 0 Å². The summed E-state index contributed by atoms with van der Waals surface area (Å²) in [5, 5.41) is 2.58. The van der Waals surface area contributed by atoms with Crippen LogP contribution >= 0.6 is 23.5 Å². The molecule has 0 bridgehead atoms. The maximum atomic E-state index is 3.29. The SMILES string of the molecule is [c]1ccccc1Sc1ccccc1Sc1cccc2ccccc12. The molecule has 0 fully saturated rings. The van der Waals surface area contributed by atoms with Crippen LogP contribution in [0.4, 0.5) is 0 Å². The monoisotopic (exact) mass is 343 g/mol. The van der Waals surface area contributed by atoms with Gasteiger partial charge in [0.1, 0.15) is 0 Å². The fourth-order valence-electron chi connectivity index (χ4n) is 2.58. The first kappa shape index (κ1) is 15.4. The zero-order valence-corrected chi connectivity index (χ0v) is 14.6. The molecule has 0 saturated carbocycles. The molecule has 4 rings (SSSR count). The molecule has 0 aliphatic rings. The van der Waals surface area contributed by atoms with Crippen LogP contribution in [0.3, 0.4) is 0 Å². The van der Waals surface area contributed by atoms with Gasteiger partial charge in [0.2, 0.25) is 0 Å². The Balaban J connectivity index is 1.70. The van der Waals surface area contributed by atoms with Crippen molar-refractivity contribution < 1.29 is 0 Å². The van der Waals surface area contributed by atoms with Crippen molar-refractivity contribution in [3.63, 3.8) is 0 Å². The van der Waals surface area contributed by atoms with Gasteiger partial charge in [-0.3, -0.25) is 0 Å². The molecule has 0 nitrogen and oxygen atoms in total. The van der Waals surface area contributed by atoms with Gasteiger partial charge in [0.05, 0.1) is 0 Å². The molecule has 0 atom stereocenters. The van der Waals surface area contributed by atoms with E-state index >= 15 is 0 Å². The standard InChI is InChI=1S/C22H15S2/c1-2-11-18(12-3-1)23-21-14-6-7-15-22(21)24-20-16-8-10-17-9-4-5-13-19(17)20/h1-11,13-16H. The van der Waals surface area contributed by atoms with Gasteiger partial charge < -0.3 is 0 Å². The van der Waals surface area contributed by atoms with Crippen molar-refractivity contribution in [2.75, 3.05) is 0 Å². The Bertz CT molecular complexity index is 956. The number of hydrogen-bond acceptors (Lipinski definition) is 2. The van der Waals surface area contributed by atoms with Crippen molar-refractivity contribution in [1.82, 2.24) is 0 Å². The minimum absolute atomic E-state index is 1.14. The van der Waals surface area contributed by atoms with E-state index < -0.39 is 0 Å². The van der Waals surface area contributed by atoms with Crippen LogP contribution in [0.25, 0.3) is 10.8 Å². The molecule has 0 aromatic heterocycles. The van der Waals surface area contributed by atoms with E-state index in [0.29, 0.717) is 0 Å². The first-order valence-electron chi connectivity index (χ1n) is 7.79. The molecule has 0 heterocycles. The van der Waals surface area contributed by atoms with Crippen molar-refractivity contribution in [3.05, 3.63) is 97.1 Å². The van der Waals surface area contributed by atoms with Crippen molar-refractivity contribution >= 4 is 34.3 Å². The first-order valence-corrected chi connectivity index (χ1v) is 9.43. The van der Waals surface area contributed by atoms with Gasteiger partial charge in [0, 0.05) is 19.6 Å². The third-order valence-corrected chi connectivity index (χ3v) is 6.05. The Morgan fingerprint density at radius 1 is 0.542 bits per heavy atom. The Kier molecular flexibility index (Phi) is 4.59. The van der Waals surface area contributed by atoms with E-state index in [-0.39, 0.29) is 0 Å². The lowest BCUT2D eigenvalue weighted by Gasteiger charge is -2.10. The maximum Gasteiger partial charge on any atom is 0.0262 e. The number of fused-ring (bicyclic) bond motifs is 1. The van der Waals surface area contributed by atoms with E-state index in [1.165, 1.54) is 25.5 Å². The molecular formula is C22H15S2. The summed E-state index contributed by atoms with van der Waals surface area (Å²) in [4.78, 5) is 4.97. The molecule has 4 aromatic rings. The highest BCUT2D eigenvalue weighted by molar-refractivity contribution is 8.02. The molecular weight excluding hydrogens is 328 g/mol. The largest absolute Gasteiger partial charge is 0.0883 e. The molecule has 0 aliphatic heterocycles. The molecule has 0 spiro atoms. The predicted molar refractivity (Wildman–Crippen MR) is 104 cm³/mol. The van der Waals surface area contributed by atoms with Crippen LogP contribution in [-0.4, -0.2) is 0 Å². The molecule has 0 aliphatic carbocycles. The minimum Gasteiger partial charge on any atom is -0.0883 e. The maximum absolute atomic E-state index is 3.29. The molecule has 115 valence electrons. The predicted octanol–water partition coefficient (Wildman–Crippen LogP) is 6.94. The zero-order chi connectivity index (χ0) is 16.2. The smallest absolute Gasteiger partial charge is 0.0262 e. The van der Waals surface area contributed by atoms with Crippen molar-refractivity contribution in [1.29, 1.82) is 0 Å². The van der Waals surface area contributed by atoms with Gasteiger partial charge >= 0.3 is 0 Å². The summed E-state index contributed by atoms with van der Waals surface area (Å²) in [6.07, 6.45) is 0. The van der Waals surface area contributed by atoms with Gasteiger partial charge in [-0.15, -0.1) is 0 Å². The Hall–Kier alpha value is -2.16. The summed E-state index contributed by atoms with van der Waals surface area (Å²) in [7, 11) is 0. The average Bonchev–Trinajstić information content (AvgIpc) is 2.64. The van der Waals surface area contributed by atoms with E-state index in [2.05, 4.69) is 84.9 Å². The van der Waals surface area contributed by atoms with Crippen LogP contribution in [0, 0.1) is 6.07 Å². The molecule has 0 unspecified atom stereocenters. The summed E-state index contributed by atoms with van der Waals surface area (Å²) >= 11 is 3.59. The number of hydrogen-bond donors (Lipinski definition) is 0. The average molecular weight is 343 g/mol. The molecule has 24 heavy (non-hydrogen) atoms. The minimum atomic E-state index is 1.14. The summed E-state index contributed by atoms with van der Waals surface area (Å²) in [6.45, 7) is 0. The molecule has 0 N–H and O–H groups in total. The van der Waals surface area contributed by atoms with Gasteiger partial charge in [-0.05, 0) is 41.1 Å². The first-order chi connectivity index (χ1) is 11.9. The van der Waals surface area contributed by atoms with E-state index in [1.807, 2.05) is 23.9 Å². The van der Waals surface area contributed by atoms with Crippen molar-refractivity contribution in [2.45, 2.75) is 19.6 Å². The Morgan fingerprint density at radius 2 is 1.21 bits per heavy atom. The van der Waals surface area contributed by atoms with Gasteiger partial charge in [-0.2, -0.15) is 0 Å². The lowest BCUT2D eigenvalue weighted by atomic mass is 10.1. The Morgan fingerprint density at radius 3 is 2.04 bits per heavy atom. The normalized spacial score (nSPS) is 10.8. The molecule has 1 radical (unpaired) electrons. The second kappa shape index (κ2) is 7.16. The molecule has 4 aromatic carbocycles. The van der Waals surface area contributed by atoms with Crippen LogP contribution < -0.4 is 0 Å². The summed E-state index contributed by atoms with van der Waals surface area (Å²) < 4.78 is 0.